The lowest BCUT2D eigenvalue weighted by Gasteiger charge is -2.16. The van der Waals surface area contributed by atoms with Crippen LogP contribution in [0.2, 0.25) is 10.0 Å². The summed E-state index contributed by atoms with van der Waals surface area (Å²) in [5, 5.41) is 4.65. The van der Waals surface area contributed by atoms with Gasteiger partial charge in [0.25, 0.3) is 0 Å². The summed E-state index contributed by atoms with van der Waals surface area (Å²) in [6.07, 6.45) is 2.66. The second-order valence-electron chi connectivity index (χ2n) is 4.19. The highest BCUT2D eigenvalue weighted by Gasteiger charge is 2.21. The lowest BCUT2D eigenvalue weighted by molar-refractivity contribution is 0.217. The highest BCUT2D eigenvalue weighted by Crippen LogP contribution is 2.28. The Hall–Kier alpha value is -0.440. The molecule has 1 aromatic carbocycles. The molecular weight excluding hydrogens is 245 g/mol. The van der Waals surface area contributed by atoms with Gasteiger partial charge in [0, 0.05) is 23.7 Å². The largest absolute Gasteiger partial charge is 0.488 e. The molecule has 1 aliphatic rings. The summed E-state index contributed by atoms with van der Waals surface area (Å²) in [5.41, 5.74) is 0. The Balaban J connectivity index is 1.88. The van der Waals surface area contributed by atoms with E-state index in [1.165, 1.54) is 12.8 Å². The van der Waals surface area contributed by atoms with Gasteiger partial charge in [-0.2, -0.15) is 0 Å². The molecule has 2 rings (SSSR count). The van der Waals surface area contributed by atoms with E-state index in [1.807, 2.05) is 6.92 Å². The summed E-state index contributed by atoms with van der Waals surface area (Å²) >= 11 is 11.9. The van der Waals surface area contributed by atoms with Crippen LogP contribution in [0, 0.1) is 0 Å². The molecule has 16 heavy (non-hydrogen) atoms. The Kier molecular flexibility index (Phi) is 3.95. The van der Waals surface area contributed by atoms with E-state index in [0.717, 1.165) is 6.54 Å². The molecule has 1 aromatic rings. The van der Waals surface area contributed by atoms with Gasteiger partial charge in [0.2, 0.25) is 0 Å². The highest BCUT2D eigenvalue weighted by molar-refractivity contribution is 6.34. The maximum absolute atomic E-state index is 6.01. The lowest BCUT2D eigenvalue weighted by Crippen LogP contribution is -2.30. The fourth-order valence-electron chi connectivity index (χ4n) is 1.45. The third-order valence-electron chi connectivity index (χ3n) is 2.49. The van der Waals surface area contributed by atoms with Crippen molar-refractivity contribution in [2.45, 2.75) is 31.9 Å². The average Bonchev–Trinajstić information content (AvgIpc) is 3.04. The van der Waals surface area contributed by atoms with Crippen molar-refractivity contribution >= 4 is 23.2 Å². The van der Waals surface area contributed by atoms with Gasteiger partial charge in [0.1, 0.15) is 11.9 Å². The van der Waals surface area contributed by atoms with Crippen LogP contribution in [-0.4, -0.2) is 18.7 Å². The molecule has 1 unspecified atom stereocenters. The summed E-state index contributed by atoms with van der Waals surface area (Å²) < 4.78 is 5.73. The Morgan fingerprint density at radius 1 is 1.44 bits per heavy atom. The van der Waals surface area contributed by atoms with Crippen LogP contribution in [0.25, 0.3) is 0 Å². The molecule has 0 amide bonds. The van der Waals surface area contributed by atoms with E-state index in [9.17, 15) is 0 Å². The standard InChI is InChI=1S/C12H15Cl2NO/c1-8(7-15-10-3-4-10)16-12-6-9(13)2-5-11(12)14/h2,5-6,8,10,15H,3-4,7H2,1H3. The minimum Gasteiger partial charge on any atom is -0.488 e. The molecule has 1 atom stereocenters. The molecule has 1 fully saturated rings. The molecule has 0 spiro atoms. The van der Waals surface area contributed by atoms with Crippen LogP contribution >= 0.6 is 23.2 Å². The predicted octanol–water partition coefficient (Wildman–Crippen LogP) is 3.51. The monoisotopic (exact) mass is 259 g/mol. The molecule has 1 aliphatic carbocycles. The second-order valence-corrected chi connectivity index (χ2v) is 5.03. The third-order valence-corrected chi connectivity index (χ3v) is 3.04. The van der Waals surface area contributed by atoms with Crippen LogP contribution < -0.4 is 10.1 Å². The van der Waals surface area contributed by atoms with Gasteiger partial charge in [-0.3, -0.25) is 0 Å². The fraction of sp³-hybridized carbons (Fsp3) is 0.500. The van der Waals surface area contributed by atoms with Crippen molar-refractivity contribution in [3.8, 4) is 5.75 Å². The van der Waals surface area contributed by atoms with Crippen LogP contribution in [0.5, 0.6) is 5.75 Å². The fourth-order valence-corrected chi connectivity index (χ4v) is 1.77. The zero-order valence-electron chi connectivity index (χ0n) is 9.17. The minimum atomic E-state index is 0.0940. The number of benzene rings is 1. The Morgan fingerprint density at radius 3 is 2.88 bits per heavy atom. The number of hydrogen-bond acceptors (Lipinski definition) is 2. The molecule has 1 saturated carbocycles. The third kappa shape index (κ3) is 3.55. The molecule has 0 heterocycles. The Morgan fingerprint density at radius 2 is 2.19 bits per heavy atom. The van der Waals surface area contributed by atoms with E-state index >= 15 is 0 Å². The van der Waals surface area contributed by atoms with Crippen LogP contribution in [0.1, 0.15) is 19.8 Å². The maximum Gasteiger partial charge on any atom is 0.139 e. The van der Waals surface area contributed by atoms with Crippen molar-refractivity contribution in [3.63, 3.8) is 0 Å². The summed E-state index contributed by atoms with van der Waals surface area (Å²) in [5.74, 6) is 0.652. The van der Waals surface area contributed by atoms with Crippen LogP contribution in [0.4, 0.5) is 0 Å². The maximum atomic E-state index is 6.01. The van der Waals surface area contributed by atoms with Gasteiger partial charge in [-0.1, -0.05) is 23.2 Å². The highest BCUT2D eigenvalue weighted by atomic mass is 35.5. The molecule has 0 bridgehead atoms. The topological polar surface area (TPSA) is 21.3 Å². The molecule has 4 heteroatoms. The number of rotatable bonds is 5. The van der Waals surface area contributed by atoms with E-state index in [4.69, 9.17) is 27.9 Å². The SMILES string of the molecule is CC(CNC1CC1)Oc1cc(Cl)ccc1Cl. The van der Waals surface area contributed by atoms with Gasteiger partial charge in [-0.15, -0.1) is 0 Å². The van der Waals surface area contributed by atoms with Gasteiger partial charge in [0.15, 0.2) is 0 Å². The predicted molar refractivity (Wildman–Crippen MR) is 67.6 cm³/mol. The Bertz CT molecular complexity index is 366. The summed E-state index contributed by atoms with van der Waals surface area (Å²) in [6.45, 7) is 2.86. The van der Waals surface area contributed by atoms with E-state index in [1.54, 1.807) is 18.2 Å². The molecular formula is C12H15Cl2NO. The van der Waals surface area contributed by atoms with Crippen LogP contribution in [-0.2, 0) is 0 Å². The summed E-state index contributed by atoms with van der Waals surface area (Å²) in [4.78, 5) is 0. The minimum absolute atomic E-state index is 0.0940. The van der Waals surface area contributed by atoms with Crippen molar-refractivity contribution < 1.29 is 4.74 Å². The van der Waals surface area contributed by atoms with E-state index in [-0.39, 0.29) is 6.10 Å². The number of nitrogens with one attached hydrogen (secondary N) is 1. The normalized spacial score (nSPS) is 17.2. The lowest BCUT2D eigenvalue weighted by atomic mass is 10.3. The van der Waals surface area contributed by atoms with Gasteiger partial charge in [0.05, 0.1) is 5.02 Å². The molecule has 88 valence electrons. The quantitative estimate of drug-likeness (QED) is 0.874. The van der Waals surface area contributed by atoms with E-state index in [2.05, 4.69) is 5.32 Å². The van der Waals surface area contributed by atoms with E-state index in [0.29, 0.717) is 21.8 Å². The van der Waals surface area contributed by atoms with E-state index < -0.39 is 0 Å². The Labute approximate surface area is 106 Å². The first-order chi connectivity index (χ1) is 7.65. The molecule has 2 nitrogen and oxygen atoms in total. The number of halogens is 2. The molecule has 0 aromatic heterocycles. The van der Waals surface area contributed by atoms with Crippen molar-refractivity contribution in [3.05, 3.63) is 28.2 Å². The summed E-state index contributed by atoms with van der Waals surface area (Å²) in [6, 6.07) is 5.95. The van der Waals surface area contributed by atoms with Crippen molar-refractivity contribution in [1.29, 1.82) is 0 Å². The van der Waals surface area contributed by atoms with Gasteiger partial charge < -0.3 is 10.1 Å². The molecule has 0 saturated heterocycles. The van der Waals surface area contributed by atoms with Gasteiger partial charge in [-0.05, 0) is 31.9 Å². The summed E-state index contributed by atoms with van der Waals surface area (Å²) in [7, 11) is 0. The van der Waals surface area contributed by atoms with Crippen LogP contribution in [0.3, 0.4) is 0 Å². The van der Waals surface area contributed by atoms with Crippen molar-refractivity contribution in [1.82, 2.24) is 5.32 Å². The first-order valence-electron chi connectivity index (χ1n) is 5.50. The zero-order chi connectivity index (χ0) is 11.5. The smallest absolute Gasteiger partial charge is 0.139 e. The van der Waals surface area contributed by atoms with Crippen molar-refractivity contribution in [2.75, 3.05) is 6.54 Å². The molecule has 0 radical (unpaired) electrons. The molecule has 0 aliphatic heterocycles. The first kappa shape index (κ1) is 12.0. The van der Waals surface area contributed by atoms with Crippen molar-refractivity contribution in [2.24, 2.45) is 0 Å². The first-order valence-corrected chi connectivity index (χ1v) is 6.26. The van der Waals surface area contributed by atoms with Crippen LogP contribution in [0.15, 0.2) is 18.2 Å². The average molecular weight is 260 g/mol. The molecule has 1 N–H and O–H groups in total. The van der Waals surface area contributed by atoms with Gasteiger partial charge in [-0.25, -0.2) is 0 Å². The van der Waals surface area contributed by atoms with Gasteiger partial charge >= 0.3 is 0 Å². The zero-order valence-corrected chi connectivity index (χ0v) is 10.7. The second kappa shape index (κ2) is 5.26. The number of hydrogen-bond donors (Lipinski definition) is 1. The number of ether oxygens (including phenoxy) is 1.